The summed E-state index contributed by atoms with van der Waals surface area (Å²) in [5.74, 6) is -0.286. The Balaban J connectivity index is 1.98. The van der Waals surface area contributed by atoms with Crippen molar-refractivity contribution in [3.05, 3.63) is 54.1 Å². The molecule has 0 bridgehead atoms. The summed E-state index contributed by atoms with van der Waals surface area (Å²) in [4.78, 5) is 23.2. The summed E-state index contributed by atoms with van der Waals surface area (Å²) in [5.41, 5.74) is 0.751. The van der Waals surface area contributed by atoms with E-state index in [0.29, 0.717) is 11.3 Å². The lowest BCUT2D eigenvalue weighted by Crippen LogP contribution is -2.34. The Bertz CT molecular complexity index is 914. The van der Waals surface area contributed by atoms with Gasteiger partial charge in [0, 0.05) is 25.6 Å². The smallest absolute Gasteiger partial charge is 0.251 e. The average molecular weight is 391 g/mol. The summed E-state index contributed by atoms with van der Waals surface area (Å²) in [6.07, 6.45) is 0. The number of rotatable bonds is 8. The van der Waals surface area contributed by atoms with Gasteiger partial charge in [0.25, 0.3) is 5.91 Å². The number of carbonyl (C=O) groups excluding carboxylic acids is 2. The maximum atomic E-state index is 12.4. The van der Waals surface area contributed by atoms with Gasteiger partial charge in [-0.3, -0.25) is 9.59 Å². The van der Waals surface area contributed by atoms with Crippen LogP contribution in [0.1, 0.15) is 17.3 Å². The highest BCUT2D eigenvalue weighted by Gasteiger charge is 2.17. The van der Waals surface area contributed by atoms with Crippen LogP contribution < -0.4 is 20.1 Å². The van der Waals surface area contributed by atoms with Crippen LogP contribution in [0.2, 0.25) is 0 Å². The van der Waals surface area contributed by atoms with E-state index in [2.05, 4.69) is 15.4 Å². The second kappa shape index (κ2) is 9.15. The summed E-state index contributed by atoms with van der Waals surface area (Å²) in [6, 6.07) is 12.8. The third kappa shape index (κ3) is 5.80. The Morgan fingerprint density at radius 3 is 2.37 bits per heavy atom. The maximum Gasteiger partial charge on any atom is 0.251 e. The Labute approximate surface area is 158 Å². The topological polar surface area (TPSA) is 114 Å². The number of methoxy groups -OCH3 is 1. The normalized spacial score (nSPS) is 10.9. The van der Waals surface area contributed by atoms with Gasteiger partial charge >= 0.3 is 0 Å². The summed E-state index contributed by atoms with van der Waals surface area (Å²) in [7, 11) is -2.40. The molecular formula is C18H21N3O5S. The highest BCUT2D eigenvalue weighted by molar-refractivity contribution is 7.89. The van der Waals surface area contributed by atoms with Gasteiger partial charge in [0.2, 0.25) is 15.9 Å². The molecule has 0 aliphatic carbocycles. The van der Waals surface area contributed by atoms with E-state index in [0.717, 1.165) is 0 Å². The third-order valence-corrected chi connectivity index (χ3v) is 4.99. The number of hydrogen-bond acceptors (Lipinski definition) is 5. The van der Waals surface area contributed by atoms with E-state index in [9.17, 15) is 18.0 Å². The Hall–Kier alpha value is -2.91. The lowest BCUT2D eigenvalue weighted by atomic mass is 10.2. The van der Waals surface area contributed by atoms with Crippen LogP contribution in [0.25, 0.3) is 0 Å². The molecule has 0 aliphatic heterocycles. The number of sulfonamides is 1. The van der Waals surface area contributed by atoms with E-state index in [1.807, 2.05) is 0 Å². The minimum Gasteiger partial charge on any atom is -0.495 e. The van der Waals surface area contributed by atoms with Gasteiger partial charge in [-0.05, 0) is 30.3 Å². The Kier molecular flexibility index (Phi) is 6.91. The number of amides is 2. The van der Waals surface area contributed by atoms with Gasteiger partial charge in [-0.1, -0.05) is 18.2 Å². The molecular weight excluding hydrogens is 370 g/mol. The maximum absolute atomic E-state index is 12.4. The van der Waals surface area contributed by atoms with Crippen LogP contribution in [-0.4, -0.2) is 40.4 Å². The molecule has 0 radical (unpaired) electrons. The van der Waals surface area contributed by atoms with Crippen molar-refractivity contribution in [1.82, 2.24) is 10.0 Å². The summed E-state index contributed by atoms with van der Waals surface area (Å²) < 4.78 is 32.3. The fourth-order valence-corrected chi connectivity index (χ4v) is 3.34. The second-order valence-electron chi connectivity index (χ2n) is 5.56. The van der Waals surface area contributed by atoms with Crippen molar-refractivity contribution < 1.29 is 22.7 Å². The molecule has 0 heterocycles. The predicted octanol–water partition coefficient (Wildman–Crippen LogP) is 1.36. The van der Waals surface area contributed by atoms with Crippen molar-refractivity contribution >= 4 is 27.5 Å². The minimum atomic E-state index is -3.81. The van der Waals surface area contributed by atoms with Crippen LogP contribution >= 0.6 is 0 Å². The van der Waals surface area contributed by atoms with E-state index in [1.165, 1.54) is 32.2 Å². The molecule has 3 N–H and O–H groups in total. The van der Waals surface area contributed by atoms with E-state index in [-0.39, 0.29) is 35.5 Å². The number of hydrogen-bond donors (Lipinski definition) is 3. The van der Waals surface area contributed by atoms with Crippen molar-refractivity contribution in [2.75, 3.05) is 25.5 Å². The van der Waals surface area contributed by atoms with Crippen LogP contribution in [0.5, 0.6) is 5.75 Å². The van der Waals surface area contributed by atoms with Crippen molar-refractivity contribution in [3.63, 3.8) is 0 Å². The quantitative estimate of drug-likeness (QED) is 0.588. The van der Waals surface area contributed by atoms with Crippen LogP contribution in [0.4, 0.5) is 5.69 Å². The molecule has 0 saturated carbocycles. The molecule has 0 unspecified atom stereocenters. The molecule has 0 aliphatic rings. The van der Waals surface area contributed by atoms with Crippen molar-refractivity contribution in [3.8, 4) is 5.75 Å². The Morgan fingerprint density at radius 2 is 1.74 bits per heavy atom. The molecule has 0 atom stereocenters. The molecule has 2 aromatic rings. The van der Waals surface area contributed by atoms with E-state index < -0.39 is 10.0 Å². The highest BCUT2D eigenvalue weighted by Crippen LogP contribution is 2.27. The van der Waals surface area contributed by atoms with Gasteiger partial charge in [-0.25, -0.2) is 13.1 Å². The number of nitrogens with one attached hydrogen (secondary N) is 3. The third-order valence-electron chi connectivity index (χ3n) is 3.53. The molecule has 8 nitrogen and oxygen atoms in total. The molecule has 2 rings (SSSR count). The first-order valence-electron chi connectivity index (χ1n) is 8.12. The molecule has 2 aromatic carbocycles. The monoisotopic (exact) mass is 391 g/mol. The standard InChI is InChI=1S/C18H21N3O5S/c1-13(22)21-16-12-15(8-9-17(16)26-2)27(24,25)20-11-10-19-18(23)14-6-4-3-5-7-14/h3-9,12,20H,10-11H2,1-2H3,(H,19,23)(H,21,22). The van der Waals surface area contributed by atoms with Crippen LogP contribution in [-0.2, 0) is 14.8 Å². The second-order valence-corrected chi connectivity index (χ2v) is 7.33. The zero-order chi connectivity index (χ0) is 19.9. The fraction of sp³-hybridized carbons (Fsp3) is 0.222. The Morgan fingerprint density at radius 1 is 1.04 bits per heavy atom. The number of benzene rings is 2. The SMILES string of the molecule is COc1ccc(S(=O)(=O)NCCNC(=O)c2ccccc2)cc1NC(C)=O. The van der Waals surface area contributed by atoms with Gasteiger partial charge < -0.3 is 15.4 Å². The van der Waals surface area contributed by atoms with Crippen LogP contribution in [0.3, 0.4) is 0 Å². The molecule has 9 heteroatoms. The number of carbonyl (C=O) groups is 2. The minimum absolute atomic E-state index is 0.0163. The van der Waals surface area contributed by atoms with Crippen molar-refractivity contribution in [2.24, 2.45) is 0 Å². The van der Waals surface area contributed by atoms with Gasteiger partial charge in [0.05, 0.1) is 17.7 Å². The molecule has 0 spiro atoms. The molecule has 0 aromatic heterocycles. The van der Waals surface area contributed by atoms with Crippen LogP contribution in [0, 0.1) is 0 Å². The molecule has 0 fully saturated rings. The zero-order valence-corrected chi connectivity index (χ0v) is 15.8. The van der Waals surface area contributed by atoms with Crippen LogP contribution in [0.15, 0.2) is 53.4 Å². The first-order chi connectivity index (χ1) is 12.8. The molecule has 2 amide bonds. The highest BCUT2D eigenvalue weighted by atomic mass is 32.2. The molecule has 27 heavy (non-hydrogen) atoms. The molecule has 144 valence electrons. The lowest BCUT2D eigenvalue weighted by molar-refractivity contribution is -0.114. The predicted molar refractivity (Wildman–Crippen MR) is 101 cm³/mol. The van der Waals surface area contributed by atoms with Gasteiger partial charge in [0.15, 0.2) is 0 Å². The number of anilines is 1. The zero-order valence-electron chi connectivity index (χ0n) is 15.0. The molecule has 0 saturated heterocycles. The average Bonchev–Trinajstić information content (AvgIpc) is 2.65. The summed E-state index contributed by atoms with van der Waals surface area (Å²) in [5, 5.41) is 5.16. The number of ether oxygens (including phenoxy) is 1. The van der Waals surface area contributed by atoms with Crippen molar-refractivity contribution in [2.45, 2.75) is 11.8 Å². The summed E-state index contributed by atoms with van der Waals surface area (Å²) in [6.45, 7) is 1.46. The summed E-state index contributed by atoms with van der Waals surface area (Å²) >= 11 is 0. The first kappa shape index (κ1) is 20.4. The van der Waals surface area contributed by atoms with E-state index in [4.69, 9.17) is 4.74 Å². The lowest BCUT2D eigenvalue weighted by Gasteiger charge is -2.12. The fourth-order valence-electron chi connectivity index (χ4n) is 2.28. The van der Waals surface area contributed by atoms with E-state index in [1.54, 1.807) is 30.3 Å². The van der Waals surface area contributed by atoms with Crippen molar-refractivity contribution in [1.29, 1.82) is 0 Å². The van der Waals surface area contributed by atoms with E-state index >= 15 is 0 Å². The van der Waals surface area contributed by atoms with Gasteiger partial charge in [-0.15, -0.1) is 0 Å². The largest absolute Gasteiger partial charge is 0.495 e. The first-order valence-corrected chi connectivity index (χ1v) is 9.60. The van der Waals surface area contributed by atoms with Gasteiger partial charge in [0.1, 0.15) is 5.75 Å². The van der Waals surface area contributed by atoms with Gasteiger partial charge in [-0.2, -0.15) is 0 Å².